The number of carbonyl (C=O) groups is 2. The molecule has 2 aromatic carbocycles. The van der Waals surface area contributed by atoms with E-state index < -0.39 is 6.10 Å². The lowest BCUT2D eigenvalue weighted by atomic mass is 10.1. The van der Waals surface area contributed by atoms with Crippen molar-refractivity contribution in [2.24, 2.45) is 0 Å². The largest absolute Gasteiger partial charge is 0.497 e. The molecule has 0 spiro atoms. The molecule has 2 aromatic rings. The molecule has 0 aliphatic heterocycles. The molecule has 6 heteroatoms. The number of hydrogen-bond acceptors (Lipinski definition) is 4. The van der Waals surface area contributed by atoms with E-state index in [0.29, 0.717) is 35.7 Å². The maximum absolute atomic E-state index is 12.7. The van der Waals surface area contributed by atoms with Crippen LogP contribution >= 0.6 is 0 Å². The van der Waals surface area contributed by atoms with E-state index >= 15 is 0 Å². The first-order valence-electron chi connectivity index (χ1n) is 8.68. The molecule has 0 bridgehead atoms. The summed E-state index contributed by atoms with van der Waals surface area (Å²) in [6.07, 6.45) is 1.35. The minimum atomic E-state index is -0.707. The van der Waals surface area contributed by atoms with Crippen molar-refractivity contribution in [3.63, 3.8) is 0 Å². The lowest BCUT2D eigenvalue weighted by Crippen LogP contribution is -2.33. The van der Waals surface area contributed by atoms with Crippen molar-refractivity contribution in [2.75, 3.05) is 19.0 Å². The van der Waals surface area contributed by atoms with Crippen LogP contribution in [0.25, 0.3) is 0 Å². The molecule has 2 rings (SSSR count). The van der Waals surface area contributed by atoms with Gasteiger partial charge in [0, 0.05) is 12.6 Å². The number of methoxy groups -OCH3 is 1. The van der Waals surface area contributed by atoms with Gasteiger partial charge in [-0.2, -0.15) is 0 Å². The molecule has 0 saturated carbocycles. The van der Waals surface area contributed by atoms with Gasteiger partial charge in [-0.05, 0) is 30.7 Å². The number of anilines is 1. The number of rotatable bonds is 9. The van der Waals surface area contributed by atoms with Gasteiger partial charge in [-0.1, -0.05) is 31.2 Å². The van der Waals surface area contributed by atoms with Crippen molar-refractivity contribution in [1.82, 2.24) is 5.32 Å². The van der Waals surface area contributed by atoms with Crippen LogP contribution in [0.5, 0.6) is 11.5 Å². The highest BCUT2D eigenvalue weighted by atomic mass is 16.5. The van der Waals surface area contributed by atoms with Gasteiger partial charge in [-0.3, -0.25) is 9.59 Å². The van der Waals surface area contributed by atoms with Crippen LogP contribution in [0, 0.1) is 0 Å². The number of carbonyl (C=O) groups excluding carboxylic acids is 2. The molecule has 0 unspecified atom stereocenters. The molecule has 27 heavy (non-hydrogen) atoms. The molecule has 1 atom stereocenters. The Balaban J connectivity index is 2.12. The van der Waals surface area contributed by atoms with Crippen LogP contribution in [0.3, 0.4) is 0 Å². The van der Waals surface area contributed by atoms with Gasteiger partial charge >= 0.3 is 0 Å². The van der Waals surface area contributed by atoms with Crippen LogP contribution in [0.15, 0.2) is 61.2 Å². The average Bonchev–Trinajstić information content (AvgIpc) is 2.70. The Morgan fingerprint density at radius 3 is 2.59 bits per heavy atom. The van der Waals surface area contributed by atoms with Crippen molar-refractivity contribution in [3.05, 3.63) is 66.7 Å². The maximum Gasteiger partial charge on any atom is 0.265 e. The van der Waals surface area contributed by atoms with Crippen molar-refractivity contribution in [1.29, 1.82) is 0 Å². The van der Waals surface area contributed by atoms with E-state index in [1.165, 1.54) is 0 Å². The Morgan fingerprint density at radius 1 is 1.15 bits per heavy atom. The lowest BCUT2D eigenvalue weighted by molar-refractivity contribution is -0.122. The first-order chi connectivity index (χ1) is 13.1. The van der Waals surface area contributed by atoms with Crippen molar-refractivity contribution >= 4 is 17.5 Å². The minimum absolute atomic E-state index is 0.285. The topological polar surface area (TPSA) is 76.7 Å². The van der Waals surface area contributed by atoms with E-state index in [2.05, 4.69) is 17.2 Å². The monoisotopic (exact) mass is 368 g/mol. The summed E-state index contributed by atoms with van der Waals surface area (Å²) >= 11 is 0. The summed E-state index contributed by atoms with van der Waals surface area (Å²) < 4.78 is 11.0. The summed E-state index contributed by atoms with van der Waals surface area (Å²) in [6.45, 7) is 5.77. The number of ether oxygens (including phenoxy) is 2. The second-order valence-electron chi connectivity index (χ2n) is 5.73. The van der Waals surface area contributed by atoms with E-state index in [-0.39, 0.29) is 11.8 Å². The second-order valence-corrected chi connectivity index (χ2v) is 5.73. The van der Waals surface area contributed by atoms with E-state index in [9.17, 15) is 9.59 Å². The fourth-order valence-electron chi connectivity index (χ4n) is 2.42. The van der Waals surface area contributed by atoms with Gasteiger partial charge in [-0.15, -0.1) is 6.58 Å². The van der Waals surface area contributed by atoms with Gasteiger partial charge in [0.15, 0.2) is 6.10 Å². The van der Waals surface area contributed by atoms with Gasteiger partial charge in [0.05, 0.1) is 18.4 Å². The Kier molecular flexibility index (Phi) is 7.43. The predicted molar refractivity (Wildman–Crippen MR) is 105 cm³/mol. The number of nitrogens with one attached hydrogen (secondary N) is 2. The first-order valence-corrected chi connectivity index (χ1v) is 8.68. The van der Waals surface area contributed by atoms with Crippen LogP contribution in [0.1, 0.15) is 23.7 Å². The Labute approximate surface area is 159 Å². The van der Waals surface area contributed by atoms with Gasteiger partial charge in [0.25, 0.3) is 11.8 Å². The van der Waals surface area contributed by atoms with Gasteiger partial charge in [0.2, 0.25) is 0 Å². The fourth-order valence-corrected chi connectivity index (χ4v) is 2.42. The average molecular weight is 368 g/mol. The predicted octanol–water partition coefficient (Wildman–Crippen LogP) is 3.41. The van der Waals surface area contributed by atoms with Crippen molar-refractivity contribution < 1.29 is 19.1 Å². The van der Waals surface area contributed by atoms with Gasteiger partial charge in [0.1, 0.15) is 11.5 Å². The lowest BCUT2D eigenvalue weighted by Gasteiger charge is -2.18. The third kappa shape index (κ3) is 5.60. The van der Waals surface area contributed by atoms with Crippen LogP contribution in [0.2, 0.25) is 0 Å². The summed E-state index contributed by atoms with van der Waals surface area (Å²) in [5.41, 5.74) is 0.806. The maximum atomic E-state index is 12.7. The van der Waals surface area contributed by atoms with Crippen molar-refractivity contribution in [2.45, 2.75) is 19.4 Å². The SMILES string of the molecule is C=CCNC(=O)c1ccccc1NC(=O)[C@@H](CC)Oc1cccc(OC)c1. The zero-order valence-corrected chi connectivity index (χ0v) is 15.5. The van der Waals surface area contributed by atoms with E-state index in [1.807, 2.05) is 6.92 Å². The molecular formula is C21H24N2O4. The van der Waals surface area contributed by atoms with E-state index in [4.69, 9.17) is 9.47 Å². The van der Waals surface area contributed by atoms with Crippen LogP contribution in [-0.2, 0) is 4.79 Å². The zero-order chi connectivity index (χ0) is 19.6. The Hall–Kier alpha value is -3.28. The minimum Gasteiger partial charge on any atom is -0.497 e. The van der Waals surface area contributed by atoms with Crippen LogP contribution < -0.4 is 20.1 Å². The quantitative estimate of drug-likeness (QED) is 0.665. The smallest absolute Gasteiger partial charge is 0.265 e. The highest BCUT2D eigenvalue weighted by Crippen LogP contribution is 2.22. The summed E-state index contributed by atoms with van der Waals surface area (Å²) in [6, 6.07) is 13.9. The number of amides is 2. The molecule has 0 aromatic heterocycles. The number of para-hydroxylation sites is 1. The molecule has 2 amide bonds. The zero-order valence-electron chi connectivity index (χ0n) is 15.5. The normalized spacial score (nSPS) is 11.2. The van der Waals surface area contributed by atoms with Gasteiger partial charge < -0.3 is 20.1 Å². The van der Waals surface area contributed by atoms with Crippen LogP contribution in [0.4, 0.5) is 5.69 Å². The fraction of sp³-hybridized carbons (Fsp3) is 0.238. The molecule has 0 aliphatic carbocycles. The van der Waals surface area contributed by atoms with Crippen LogP contribution in [-0.4, -0.2) is 31.6 Å². The van der Waals surface area contributed by atoms with E-state index in [0.717, 1.165) is 0 Å². The molecule has 0 fully saturated rings. The Morgan fingerprint density at radius 2 is 1.89 bits per heavy atom. The molecule has 142 valence electrons. The summed E-state index contributed by atoms with van der Waals surface area (Å²) in [5, 5.41) is 5.49. The third-order valence-corrected chi connectivity index (χ3v) is 3.82. The molecule has 0 radical (unpaired) electrons. The summed E-state index contributed by atoms with van der Waals surface area (Å²) in [5.74, 6) is 0.567. The number of hydrogen-bond donors (Lipinski definition) is 2. The van der Waals surface area contributed by atoms with Crippen molar-refractivity contribution in [3.8, 4) is 11.5 Å². The Bertz CT molecular complexity index is 804. The molecule has 2 N–H and O–H groups in total. The first kappa shape index (κ1) is 20.0. The standard InChI is InChI=1S/C21H24N2O4/c1-4-13-22-20(24)17-11-6-7-12-18(17)23-21(25)19(5-2)27-16-10-8-9-15(14-16)26-3/h4,6-12,14,19H,1,5,13H2,2-3H3,(H,22,24)(H,23,25)/t19-/m1/s1. The third-order valence-electron chi connectivity index (χ3n) is 3.82. The number of benzene rings is 2. The molecular weight excluding hydrogens is 344 g/mol. The molecule has 0 aliphatic rings. The summed E-state index contributed by atoms with van der Waals surface area (Å²) in [7, 11) is 1.57. The molecule has 0 saturated heterocycles. The molecule has 0 heterocycles. The highest BCUT2D eigenvalue weighted by molar-refractivity contribution is 6.04. The summed E-state index contributed by atoms with van der Waals surface area (Å²) in [4.78, 5) is 24.9. The van der Waals surface area contributed by atoms with Gasteiger partial charge in [-0.25, -0.2) is 0 Å². The molecule has 6 nitrogen and oxygen atoms in total. The second kappa shape index (κ2) is 10.0. The highest BCUT2D eigenvalue weighted by Gasteiger charge is 2.21. The van der Waals surface area contributed by atoms with E-state index in [1.54, 1.807) is 61.7 Å².